The van der Waals surface area contributed by atoms with Gasteiger partial charge in [0, 0.05) is 45.1 Å². The number of rotatable bonds is 5. The topological polar surface area (TPSA) is 52.1 Å². The van der Waals surface area contributed by atoms with Crippen LogP contribution in [0.3, 0.4) is 0 Å². The second-order valence-electron chi connectivity index (χ2n) is 12.6. The Balaban J connectivity index is 0.00000177. The zero-order valence-corrected chi connectivity index (χ0v) is 28.9. The molecule has 10 rings (SSSR count). The third-order valence-corrected chi connectivity index (χ3v) is 9.63. The molecule has 0 amide bonds. The lowest BCUT2D eigenvalue weighted by molar-refractivity contribution is 0.668. The van der Waals surface area contributed by atoms with Crippen molar-refractivity contribution < 1.29 is 8.83 Å². The van der Waals surface area contributed by atoms with Crippen LogP contribution >= 0.6 is 0 Å². The Kier molecular flexibility index (Phi) is 7.90. The lowest BCUT2D eigenvalue weighted by Crippen LogP contribution is -1.87. The first-order valence-electron chi connectivity index (χ1n) is 17.7. The molecule has 0 fully saturated rings. The van der Waals surface area contributed by atoms with Gasteiger partial charge in [0.15, 0.2) is 0 Å². The van der Waals surface area contributed by atoms with Gasteiger partial charge < -0.3 is 8.83 Å². The van der Waals surface area contributed by atoms with Crippen molar-refractivity contribution in [2.45, 2.75) is 13.8 Å². The number of hydrogen-bond acceptors (Lipinski definition) is 4. The zero-order chi connectivity index (χ0) is 35.0. The van der Waals surface area contributed by atoms with Gasteiger partial charge in [0.05, 0.1) is 11.4 Å². The van der Waals surface area contributed by atoms with E-state index in [1.165, 1.54) is 0 Å². The van der Waals surface area contributed by atoms with Crippen LogP contribution in [0.4, 0.5) is 0 Å². The summed E-state index contributed by atoms with van der Waals surface area (Å²) < 4.78 is 12.7. The first kappa shape index (κ1) is 31.2. The Morgan fingerprint density at radius 1 is 0.327 bits per heavy atom. The summed E-state index contributed by atoms with van der Waals surface area (Å²) in [6.07, 6.45) is 3.68. The van der Waals surface area contributed by atoms with Crippen molar-refractivity contribution >= 4 is 43.9 Å². The van der Waals surface area contributed by atoms with Gasteiger partial charge in [-0.2, -0.15) is 0 Å². The smallest absolute Gasteiger partial charge is 0.135 e. The molecule has 0 saturated carbocycles. The fraction of sp³-hybridized carbons (Fsp3) is 0.0417. The van der Waals surface area contributed by atoms with E-state index in [0.717, 1.165) is 99.8 Å². The summed E-state index contributed by atoms with van der Waals surface area (Å²) >= 11 is 0. The molecule has 4 nitrogen and oxygen atoms in total. The fourth-order valence-corrected chi connectivity index (χ4v) is 7.21. The second-order valence-corrected chi connectivity index (χ2v) is 12.6. The van der Waals surface area contributed by atoms with E-state index in [9.17, 15) is 0 Å². The van der Waals surface area contributed by atoms with Crippen LogP contribution < -0.4 is 0 Å². The Hall–Kier alpha value is -6.78. The molecule has 0 bridgehead atoms. The summed E-state index contributed by atoms with van der Waals surface area (Å²) in [5.74, 6) is 0. The minimum atomic E-state index is 0.866. The predicted octanol–water partition coefficient (Wildman–Crippen LogP) is 13.6. The molecule has 0 atom stereocenters. The Morgan fingerprint density at radius 2 is 0.654 bits per heavy atom. The molecule has 0 aliphatic rings. The normalized spacial score (nSPS) is 11.3. The molecule has 6 aromatic carbocycles. The van der Waals surface area contributed by atoms with Crippen LogP contribution in [-0.2, 0) is 0 Å². The highest BCUT2D eigenvalue weighted by molar-refractivity contribution is 6.10. The largest absolute Gasteiger partial charge is 0.456 e. The maximum atomic E-state index is 6.33. The van der Waals surface area contributed by atoms with Crippen molar-refractivity contribution in [3.63, 3.8) is 0 Å². The molecule has 0 aliphatic carbocycles. The standard InChI is InChI=1S/C46H28N2O2.C2H6/c1-3-11-35(41-13-5-7-23-47-41)33(9-1)31-17-21-45-39(27-31)37-25-29(15-19-43(37)49-45)30-16-20-44-38(26-30)40-28-32(18-22-46(40)50-44)34-10-2-4-12-36(34)42-14-6-8-24-48-42;1-2/h1-28H;1-2H3. The van der Waals surface area contributed by atoms with Crippen molar-refractivity contribution in [3.05, 3.63) is 170 Å². The van der Waals surface area contributed by atoms with Gasteiger partial charge in [-0.3, -0.25) is 9.97 Å². The summed E-state index contributed by atoms with van der Waals surface area (Å²) in [7, 11) is 0. The summed E-state index contributed by atoms with van der Waals surface area (Å²) in [4.78, 5) is 9.26. The third kappa shape index (κ3) is 5.42. The van der Waals surface area contributed by atoms with E-state index in [-0.39, 0.29) is 0 Å². The number of aromatic nitrogens is 2. The van der Waals surface area contributed by atoms with Crippen LogP contribution in [-0.4, -0.2) is 9.97 Å². The summed E-state index contributed by atoms with van der Waals surface area (Å²) in [6.45, 7) is 4.00. The van der Waals surface area contributed by atoms with Crippen LogP contribution in [0.15, 0.2) is 179 Å². The summed E-state index contributed by atoms with van der Waals surface area (Å²) in [5.41, 5.74) is 14.3. The molecule has 0 aliphatic heterocycles. The average molecular weight is 671 g/mol. The van der Waals surface area contributed by atoms with Gasteiger partial charge in [0.25, 0.3) is 0 Å². The highest BCUT2D eigenvalue weighted by Crippen LogP contribution is 2.40. The first-order chi connectivity index (χ1) is 25.8. The maximum absolute atomic E-state index is 6.33. The van der Waals surface area contributed by atoms with Crippen LogP contribution in [0.5, 0.6) is 0 Å². The zero-order valence-electron chi connectivity index (χ0n) is 28.9. The Morgan fingerprint density at radius 3 is 1.02 bits per heavy atom. The molecule has 0 unspecified atom stereocenters. The van der Waals surface area contributed by atoms with Gasteiger partial charge in [-0.15, -0.1) is 0 Å². The van der Waals surface area contributed by atoms with Gasteiger partial charge in [0.2, 0.25) is 0 Å². The van der Waals surface area contributed by atoms with Crippen molar-refractivity contribution in [1.82, 2.24) is 9.97 Å². The van der Waals surface area contributed by atoms with Crippen LogP contribution in [0, 0.1) is 0 Å². The van der Waals surface area contributed by atoms with Crippen molar-refractivity contribution in [2.75, 3.05) is 0 Å². The number of pyridine rings is 2. The van der Waals surface area contributed by atoms with Gasteiger partial charge in [-0.1, -0.05) is 98.8 Å². The van der Waals surface area contributed by atoms with Crippen molar-refractivity contribution in [3.8, 4) is 55.9 Å². The first-order valence-corrected chi connectivity index (χ1v) is 17.7. The molecule has 4 heteroatoms. The number of fused-ring (bicyclic) bond motifs is 6. The maximum Gasteiger partial charge on any atom is 0.135 e. The SMILES string of the molecule is CC.c1ccc(-c2ccccc2-c2ccc3oc4ccc(-c5ccc6oc7ccc(-c8ccccc8-c8ccccn8)cc7c6c5)cc4c3c2)nc1. The van der Waals surface area contributed by atoms with Crippen molar-refractivity contribution in [1.29, 1.82) is 0 Å². The molecule has 10 aromatic rings. The minimum absolute atomic E-state index is 0.866. The van der Waals surface area contributed by atoms with Gasteiger partial charge >= 0.3 is 0 Å². The Labute approximate surface area is 301 Å². The van der Waals surface area contributed by atoms with E-state index in [0.29, 0.717) is 0 Å². The van der Waals surface area contributed by atoms with Crippen molar-refractivity contribution in [2.24, 2.45) is 0 Å². The van der Waals surface area contributed by atoms with Gasteiger partial charge in [0.1, 0.15) is 22.3 Å². The Bertz CT molecular complexity index is 2670. The third-order valence-electron chi connectivity index (χ3n) is 9.63. The average Bonchev–Trinajstić information content (AvgIpc) is 3.79. The van der Waals surface area contributed by atoms with E-state index in [1.807, 2.05) is 50.5 Å². The van der Waals surface area contributed by atoms with Crippen LogP contribution in [0.1, 0.15) is 13.8 Å². The minimum Gasteiger partial charge on any atom is -0.456 e. The molecular formula is C48H34N2O2. The molecule has 0 spiro atoms. The summed E-state index contributed by atoms with van der Waals surface area (Å²) in [5, 5.41) is 4.34. The second kappa shape index (κ2) is 13.2. The fourth-order valence-electron chi connectivity index (χ4n) is 7.21. The van der Waals surface area contributed by atoms with Gasteiger partial charge in [-0.25, -0.2) is 0 Å². The summed E-state index contributed by atoms with van der Waals surface area (Å²) in [6, 6.07) is 54.7. The predicted molar refractivity (Wildman–Crippen MR) is 215 cm³/mol. The van der Waals surface area contributed by atoms with Gasteiger partial charge in [-0.05, 0) is 106 Å². The molecule has 0 saturated heterocycles. The monoisotopic (exact) mass is 670 g/mol. The molecular weight excluding hydrogens is 637 g/mol. The lowest BCUT2D eigenvalue weighted by atomic mass is 9.95. The number of furan rings is 2. The molecule has 52 heavy (non-hydrogen) atoms. The quantitative estimate of drug-likeness (QED) is 0.183. The molecule has 0 radical (unpaired) electrons. The van der Waals surface area contributed by atoms with E-state index in [2.05, 4.69) is 143 Å². The molecule has 4 aromatic heterocycles. The van der Waals surface area contributed by atoms with E-state index >= 15 is 0 Å². The van der Waals surface area contributed by atoms with E-state index in [4.69, 9.17) is 8.83 Å². The van der Waals surface area contributed by atoms with Crippen LogP contribution in [0.2, 0.25) is 0 Å². The number of nitrogens with zero attached hydrogens (tertiary/aromatic N) is 2. The lowest BCUT2D eigenvalue weighted by Gasteiger charge is -2.09. The molecule has 4 heterocycles. The molecule has 248 valence electrons. The highest BCUT2D eigenvalue weighted by Gasteiger charge is 2.16. The van der Waals surface area contributed by atoms with Crippen LogP contribution in [0.25, 0.3) is 99.8 Å². The molecule has 0 N–H and O–H groups in total. The van der Waals surface area contributed by atoms with E-state index in [1.54, 1.807) is 0 Å². The number of hydrogen-bond donors (Lipinski definition) is 0. The number of benzene rings is 6. The van der Waals surface area contributed by atoms with E-state index < -0.39 is 0 Å². The highest BCUT2D eigenvalue weighted by atomic mass is 16.3.